The van der Waals surface area contributed by atoms with Crippen LogP contribution in [0.2, 0.25) is 0 Å². The minimum absolute atomic E-state index is 0.0299. The maximum atomic E-state index is 13.4. The Kier molecular flexibility index (Phi) is 5.71. The number of benzene rings is 1. The zero-order valence-corrected chi connectivity index (χ0v) is 14.6. The summed E-state index contributed by atoms with van der Waals surface area (Å²) in [4.78, 5) is 4.06. The van der Waals surface area contributed by atoms with Crippen molar-refractivity contribution in [3.05, 3.63) is 51.8 Å². The van der Waals surface area contributed by atoms with Crippen molar-refractivity contribution in [1.82, 2.24) is 10.3 Å². The number of hydrogen-bond acceptors (Lipinski definition) is 4. The van der Waals surface area contributed by atoms with Crippen LogP contribution >= 0.6 is 15.9 Å². The number of nitrogens with zero attached hydrogens (tertiary/aromatic N) is 1. The minimum Gasteiger partial charge on any atom is -0.506 e. The fourth-order valence-corrected chi connectivity index (χ4v) is 2.78. The Morgan fingerprint density at radius 1 is 1.29 bits per heavy atom. The van der Waals surface area contributed by atoms with E-state index in [9.17, 15) is 18.3 Å². The number of alkyl halides is 3. The lowest BCUT2D eigenvalue weighted by atomic mass is 10.1. The van der Waals surface area contributed by atoms with E-state index in [0.717, 1.165) is 0 Å². The van der Waals surface area contributed by atoms with E-state index in [2.05, 4.69) is 26.2 Å². The van der Waals surface area contributed by atoms with Gasteiger partial charge >= 0.3 is 6.18 Å². The summed E-state index contributed by atoms with van der Waals surface area (Å²) in [6.07, 6.45) is -4.51. The number of hydrogen-bond donors (Lipinski definition) is 2. The molecule has 0 saturated carbocycles. The van der Waals surface area contributed by atoms with Crippen LogP contribution in [0, 0.1) is 6.92 Å². The predicted octanol–water partition coefficient (Wildman–Crippen LogP) is 4.26. The van der Waals surface area contributed by atoms with E-state index in [4.69, 9.17) is 4.74 Å². The molecule has 0 amide bonds. The average molecular weight is 405 g/mol. The van der Waals surface area contributed by atoms with E-state index in [1.807, 2.05) is 0 Å². The Balaban J connectivity index is 2.26. The van der Waals surface area contributed by atoms with Gasteiger partial charge in [0.05, 0.1) is 17.3 Å². The first kappa shape index (κ1) is 18.5. The number of pyridine rings is 1. The summed E-state index contributed by atoms with van der Waals surface area (Å²) in [5.74, 6) is 0.294. The normalized spacial score (nSPS) is 12.9. The quantitative estimate of drug-likeness (QED) is 0.781. The summed E-state index contributed by atoms with van der Waals surface area (Å²) >= 11 is 3.19. The highest BCUT2D eigenvalue weighted by Crippen LogP contribution is 2.36. The second-order valence-corrected chi connectivity index (χ2v) is 6.02. The van der Waals surface area contributed by atoms with Crippen molar-refractivity contribution in [2.75, 3.05) is 7.11 Å². The molecular formula is C16H16BrF3N2O2. The Hall–Kier alpha value is -1.80. The number of nitrogens with one attached hydrogen (secondary N) is 1. The van der Waals surface area contributed by atoms with Crippen LogP contribution in [0.25, 0.3) is 0 Å². The summed E-state index contributed by atoms with van der Waals surface area (Å²) in [6, 6.07) is 5.25. The summed E-state index contributed by atoms with van der Waals surface area (Å²) in [5, 5.41) is 12.1. The monoisotopic (exact) mass is 404 g/mol. The van der Waals surface area contributed by atoms with Gasteiger partial charge in [0.15, 0.2) is 0 Å². The molecule has 0 bridgehead atoms. The summed E-state index contributed by atoms with van der Waals surface area (Å²) in [5.41, 5.74) is 0.805. The highest BCUT2D eigenvalue weighted by atomic mass is 79.9. The van der Waals surface area contributed by atoms with E-state index < -0.39 is 12.2 Å². The molecule has 8 heteroatoms. The number of halogens is 4. The molecule has 0 aliphatic heterocycles. The fraction of sp³-hybridized carbons (Fsp3) is 0.312. The van der Waals surface area contributed by atoms with Gasteiger partial charge in [0.2, 0.25) is 0 Å². The Morgan fingerprint density at radius 3 is 2.58 bits per heavy atom. The van der Waals surface area contributed by atoms with Crippen LogP contribution in [0.15, 0.2) is 34.8 Å². The van der Waals surface area contributed by atoms with Gasteiger partial charge < -0.3 is 9.84 Å². The smallest absolute Gasteiger partial charge is 0.407 e. The summed E-state index contributed by atoms with van der Waals surface area (Å²) in [6.45, 7) is 1.48. The van der Waals surface area contributed by atoms with Gasteiger partial charge in [-0.3, -0.25) is 10.3 Å². The minimum atomic E-state index is -4.51. The lowest BCUT2D eigenvalue weighted by Gasteiger charge is -2.23. The van der Waals surface area contributed by atoms with Crippen molar-refractivity contribution < 1.29 is 23.0 Å². The average Bonchev–Trinajstić information content (AvgIpc) is 2.49. The Bertz CT molecular complexity index is 723. The topological polar surface area (TPSA) is 54.4 Å². The van der Waals surface area contributed by atoms with Crippen molar-refractivity contribution in [2.24, 2.45) is 0 Å². The molecule has 4 nitrogen and oxygen atoms in total. The maximum absolute atomic E-state index is 13.4. The van der Waals surface area contributed by atoms with Crippen LogP contribution in [-0.2, 0) is 6.54 Å². The van der Waals surface area contributed by atoms with Crippen molar-refractivity contribution in [1.29, 1.82) is 0 Å². The lowest BCUT2D eigenvalue weighted by molar-refractivity contribution is -0.158. The van der Waals surface area contributed by atoms with Crippen molar-refractivity contribution in [2.45, 2.75) is 25.7 Å². The van der Waals surface area contributed by atoms with Crippen LogP contribution in [0.4, 0.5) is 13.2 Å². The molecule has 2 aromatic rings. The second kappa shape index (κ2) is 7.40. The number of ether oxygens (including phenoxy) is 1. The molecule has 1 aromatic carbocycles. The molecule has 1 heterocycles. The first-order valence-electron chi connectivity index (χ1n) is 7.01. The van der Waals surface area contributed by atoms with E-state index in [0.29, 0.717) is 15.9 Å². The van der Waals surface area contributed by atoms with Gasteiger partial charge in [-0.15, -0.1) is 0 Å². The third kappa shape index (κ3) is 4.39. The van der Waals surface area contributed by atoms with E-state index in [1.165, 1.54) is 31.4 Å². The van der Waals surface area contributed by atoms with Crippen molar-refractivity contribution in [3.63, 3.8) is 0 Å². The standard InChI is InChI=1S/C16H16BrF3N2O2/c1-9-3-5-13(23)12(22-9)8-21-15(16(18,19)20)10-4-6-14(24-2)11(17)7-10/h3-7,15,21,23H,8H2,1-2H3/t15-/m0/s1. The van der Waals surface area contributed by atoms with Crippen LogP contribution < -0.4 is 10.1 Å². The van der Waals surface area contributed by atoms with Gasteiger partial charge in [0.25, 0.3) is 0 Å². The molecule has 0 aliphatic rings. The Labute approximate surface area is 145 Å². The molecule has 2 N–H and O–H groups in total. The SMILES string of the molecule is COc1ccc([C@H](NCc2nc(C)ccc2O)C(F)(F)F)cc1Br. The third-order valence-electron chi connectivity index (χ3n) is 3.40. The van der Waals surface area contributed by atoms with Gasteiger partial charge in [-0.05, 0) is 52.7 Å². The number of rotatable bonds is 5. The zero-order valence-electron chi connectivity index (χ0n) is 13.0. The molecule has 0 saturated heterocycles. The fourth-order valence-electron chi connectivity index (χ4n) is 2.22. The van der Waals surface area contributed by atoms with Crippen LogP contribution in [-0.4, -0.2) is 23.4 Å². The van der Waals surface area contributed by atoms with Crippen LogP contribution in [0.1, 0.15) is 23.0 Å². The van der Waals surface area contributed by atoms with E-state index in [-0.39, 0.29) is 23.6 Å². The molecule has 0 unspecified atom stereocenters. The molecular weight excluding hydrogens is 389 g/mol. The van der Waals surface area contributed by atoms with Crippen LogP contribution in [0.3, 0.4) is 0 Å². The van der Waals surface area contributed by atoms with Gasteiger partial charge in [-0.1, -0.05) is 6.07 Å². The zero-order chi connectivity index (χ0) is 17.9. The van der Waals surface area contributed by atoms with Gasteiger partial charge in [0.1, 0.15) is 17.5 Å². The molecule has 1 atom stereocenters. The second-order valence-electron chi connectivity index (χ2n) is 5.17. The van der Waals surface area contributed by atoms with E-state index in [1.54, 1.807) is 13.0 Å². The third-order valence-corrected chi connectivity index (χ3v) is 4.02. The molecule has 0 fully saturated rings. The first-order chi connectivity index (χ1) is 11.2. The maximum Gasteiger partial charge on any atom is 0.407 e. The molecule has 24 heavy (non-hydrogen) atoms. The molecule has 1 aromatic heterocycles. The van der Waals surface area contributed by atoms with Crippen molar-refractivity contribution in [3.8, 4) is 11.5 Å². The molecule has 130 valence electrons. The van der Waals surface area contributed by atoms with Crippen LogP contribution in [0.5, 0.6) is 11.5 Å². The highest BCUT2D eigenvalue weighted by molar-refractivity contribution is 9.10. The van der Waals surface area contributed by atoms with Gasteiger partial charge in [-0.25, -0.2) is 0 Å². The first-order valence-corrected chi connectivity index (χ1v) is 7.80. The molecule has 0 spiro atoms. The molecule has 0 aliphatic carbocycles. The lowest BCUT2D eigenvalue weighted by Crippen LogP contribution is -2.34. The van der Waals surface area contributed by atoms with Crippen molar-refractivity contribution >= 4 is 15.9 Å². The van der Waals surface area contributed by atoms with Gasteiger partial charge in [-0.2, -0.15) is 13.2 Å². The summed E-state index contributed by atoms with van der Waals surface area (Å²) < 4.78 is 45.7. The molecule has 0 radical (unpaired) electrons. The largest absolute Gasteiger partial charge is 0.506 e. The number of aromatic nitrogens is 1. The summed E-state index contributed by atoms with van der Waals surface area (Å²) in [7, 11) is 1.44. The number of aromatic hydroxyl groups is 1. The predicted molar refractivity (Wildman–Crippen MR) is 87.0 cm³/mol. The van der Waals surface area contributed by atoms with E-state index >= 15 is 0 Å². The molecule has 2 rings (SSSR count). The Morgan fingerprint density at radius 2 is 2.00 bits per heavy atom. The number of methoxy groups -OCH3 is 1. The van der Waals surface area contributed by atoms with Gasteiger partial charge in [0, 0.05) is 12.2 Å². The number of aryl methyl sites for hydroxylation is 1. The highest BCUT2D eigenvalue weighted by Gasteiger charge is 2.40.